The highest BCUT2D eigenvalue weighted by atomic mass is 16.7. The molecule has 0 bridgehead atoms. The van der Waals surface area contributed by atoms with Crippen molar-refractivity contribution < 1.29 is 45.2 Å². The Morgan fingerprint density at radius 2 is 0.889 bits per heavy atom. The molecule has 8 atom stereocenters. The van der Waals surface area contributed by atoms with Crippen LogP contribution in [-0.2, 0) is 9.47 Å². The number of hydrogen-bond acceptors (Lipinski definition) is 9. The molecule has 0 radical (unpaired) electrons. The van der Waals surface area contributed by atoms with Crippen LogP contribution in [0.5, 0.6) is 0 Å². The van der Waals surface area contributed by atoms with E-state index < -0.39 is 49.5 Å². The Balaban J connectivity index is 1.77. The highest BCUT2D eigenvalue weighted by Crippen LogP contribution is 2.22. The molecule has 1 saturated heterocycles. The summed E-state index contributed by atoms with van der Waals surface area (Å²) in [5.41, 5.74) is 0. The molecule has 9 nitrogen and oxygen atoms in total. The molecule has 45 heavy (non-hydrogen) atoms. The van der Waals surface area contributed by atoms with Crippen LogP contribution < -0.4 is 0 Å². The van der Waals surface area contributed by atoms with Crippen molar-refractivity contribution in [3.05, 3.63) is 0 Å². The van der Waals surface area contributed by atoms with E-state index in [1.165, 1.54) is 116 Å². The van der Waals surface area contributed by atoms with Crippen LogP contribution in [0, 0.1) is 0 Å². The second-order valence-corrected chi connectivity index (χ2v) is 13.8. The fourth-order valence-electron chi connectivity index (χ4n) is 6.30. The van der Waals surface area contributed by atoms with Gasteiger partial charge >= 0.3 is 0 Å². The molecule has 1 aliphatic rings. The maximum Gasteiger partial charge on any atom is 0.186 e. The molecule has 9 heteroatoms. The van der Waals surface area contributed by atoms with E-state index in [1.807, 2.05) is 0 Å². The number of rotatable bonds is 31. The number of ether oxygens (including phenoxy) is 2. The van der Waals surface area contributed by atoms with E-state index >= 15 is 0 Å². The molecular weight excluding hydrogens is 576 g/mol. The van der Waals surface area contributed by atoms with Crippen molar-refractivity contribution in [1.29, 1.82) is 0 Å². The molecule has 0 aromatic heterocycles. The van der Waals surface area contributed by atoms with E-state index in [4.69, 9.17) is 9.47 Å². The Bertz CT molecular complexity index is 636. The third-order valence-electron chi connectivity index (χ3n) is 9.27. The van der Waals surface area contributed by atoms with Crippen LogP contribution in [0.3, 0.4) is 0 Å². The van der Waals surface area contributed by atoms with Gasteiger partial charge in [-0.2, -0.15) is 0 Å². The van der Waals surface area contributed by atoms with Crippen molar-refractivity contribution in [2.24, 2.45) is 0 Å². The fraction of sp³-hybridized carbons (Fsp3) is 1.00. The second kappa shape index (κ2) is 28.6. The van der Waals surface area contributed by atoms with Gasteiger partial charge in [-0.1, -0.05) is 135 Å². The Kier molecular flexibility index (Phi) is 27.1. The quantitative estimate of drug-likeness (QED) is 0.0471. The Labute approximate surface area is 274 Å². The standard InChI is InChI=1S/C36H72O9/c1-29(38)27-31(40)24-22-20-18-16-14-12-10-8-6-4-2-3-5-7-9-11-13-15-17-19-21-23-30(39)25-26-44-36-35(43)34(42)33(41)32(28-37)45-36/h29-43H,2-28H2,1H3. The number of unbranched alkanes of at least 4 members (excludes halogenated alkanes) is 20. The summed E-state index contributed by atoms with van der Waals surface area (Å²) in [7, 11) is 0. The van der Waals surface area contributed by atoms with E-state index in [0.29, 0.717) is 19.3 Å². The van der Waals surface area contributed by atoms with Crippen LogP contribution >= 0.6 is 0 Å². The molecule has 1 rings (SSSR count). The maximum atomic E-state index is 10.2. The van der Waals surface area contributed by atoms with Crippen molar-refractivity contribution in [2.45, 2.75) is 216 Å². The monoisotopic (exact) mass is 649 g/mol. The summed E-state index contributed by atoms with van der Waals surface area (Å²) in [6.45, 7) is 1.41. The molecule has 0 aliphatic carbocycles. The van der Waals surface area contributed by atoms with Crippen LogP contribution in [-0.4, -0.2) is 98.0 Å². The first-order chi connectivity index (χ1) is 21.8. The summed E-state index contributed by atoms with van der Waals surface area (Å²) in [5.74, 6) is 0. The largest absolute Gasteiger partial charge is 0.394 e. The average molecular weight is 649 g/mol. The lowest BCUT2D eigenvalue weighted by atomic mass is 9.99. The number of hydrogen-bond donors (Lipinski definition) is 7. The minimum absolute atomic E-state index is 0.160. The Hall–Kier alpha value is -0.360. The van der Waals surface area contributed by atoms with E-state index in [9.17, 15) is 35.7 Å². The van der Waals surface area contributed by atoms with Gasteiger partial charge in [-0.15, -0.1) is 0 Å². The first kappa shape index (κ1) is 42.7. The van der Waals surface area contributed by atoms with Crippen molar-refractivity contribution in [1.82, 2.24) is 0 Å². The lowest BCUT2D eigenvalue weighted by Gasteiger charge is -2.39. The van der Waals surface area contributed by atoms with Gasteiger partial charge in [0.15, 0.2) is 6.29 Å². The van der Waals surface area contributed by atoms with Crippen LogP contribution in [0.2, 0.25) is 0 Å². The van der Waals surface area contributed by atoms with Crippen LogP contribution in [0.15, 0.2) is 0 Å². The highest BCUT2D eigenvalue weighted by Gasteiger charge is 2.43. The van der Waals surface area contributed by atoms with Gasteiger partial charge in [0, 0.05) is 0 Å². The first-order valence-electron chi connectivity index (χ1n) is 18.7. The van der Waals surface area contributed by atoms with Crippen molar-refractivity contribution in [3.63, 3.8) is 0 Å². The van der Waals surface area contributed by atoms with Gasteiger partial charge in [0.2, 0.25) is 0 Å². The molecule has 8 unspecified atom stereocenters. The van der Waals surface area contributed by atoms with E-state index in [-0.39, 0.29) is 12.7 Å². The second-order valence-electron chi connectivity index (χ2n) is 13.8. The van der Waals surface area contributed by atoms with E-state index in [0.717, 1.165) is 25.7 Å². The molecule has 1 heterocycles. The molecule has 1 aliphatic heterocycles. The average Bonchev–Trinajstić information content (AvgIpc) is 3.01. The Morgan fingerprint density at radius 3 is 1.27 bits per heavy atom. The van der Waals surface area contributed by atoms with Crippen LogP contribution in [0.25, 0.3) is 0 Å². The van der Waals surface area contributed by atoms with Gasteiger partial charge in [-0.05, 0) is 32.6 Å². The van der Waals surface area contributed by atoms with Crippen molar-refractivity contribution >= 4 is 0 Å². The summed E-state index contributed by atoms with van der Waals surface area (Å²) >= 11 is 0. The molecule has 0 spiro atoms. The van der Waals surface area contributed by atoms with Gasteiger partial charge < -0.3 is 45.2 Å². The van der Waals surface area contributed by atoms with Crippen molar-refractivity contribution in [3.8, 4) is 0 Å². The minimum atomic E-state index is -1.45. The van der Waals surface area contributed by atoms with Crippen LogP contribution in [0.4, 0.5) is 0 Å². The topological polar surface area (TPSA) is 160 Å². The molecule has 0 aromatic carbocycles. The summed E-state index contributed by atoms with van der Waals surface area (Å²) < 4.78 is 10.8. The lowest BCUT2D eigenvalue weighted by molar-refractivity contribution is -0.301. The SMILES string of the molecule is CC(O)CC(O)CCCCCCCCCCCCCCCCCCCCCCCC(O)CCOC1OC(CO)C(O)C(O)C1O. The minimum Gasteiger partial charge on any atom is -0.394 e. The predicted molar refractivity (Wildman–Crippen MR) is 179 cm³/mol. The van der Waals surface area contributed by atoms with Gasteiger partial charge in [0.05, 0.1) is 31.5 Å². The first-order valence-corrected chi connectivity index (χ1v) is 18.7. The molecule has 0 saturated carbocycles. The predicted octanol–water partition coefficient (Wildman–Crippen LogP) is 5.66. The highest BCUT2D eigenvalue weighted by molar-refractivity contribution is 4.88. The van der Waals surface area contributed by atoms with E-state index in [1.54, 1.807) is 6.92 Å². The normalized spacial score (nSPS) is 24.1. The molecule has 0 aromatic rings. The third kappa shape index (κ3) is 22.8. The van der Waals surface area contributed by atoms with Gasteiger partial charge in [-0.3, -0.25) is 0 Å². The van der Waals surface area contributed by atoms with Gasteiger partial charge in [-0.25, -0.2) is 0 Å². The van der Waals surface area contributed by atoms with Crippen LogP contribution in [0.1, 0.15) is 167 Å². The molecule has 0 amide bonds. The molecular formula is C36H72O9. The van der Waals surface area contributed by atoms with Gasteiger partial charge in [0.25, 0.3) is 0 Å². The Morgan fingerprint density at radius 1 is 0.511 bits per heavy atom. The lowest BCUT2D eigenvalue weighted by Crippen LogP contribution is -2.59. The van der Waals surface area contributed by atoms with Gasteiger partial charge in [0.1, 0.15) is 24.4 Å². The molecule has 1 fully saturated rings. The van der Waals surface area contributed by atoms with Crippen molar-refractivity contribution in [2.75, 3.05) is 13.2 Å². The summed E-state index contributed by atoms with van der Waals surface area (Å²) in [5, 5.41) is 68.1. The van der Waals surface area contributed by atoms with E-state index in [2.05, 4.69) is 0 Å². The smallest absolute Gasteiger partial charge is 0.186 e. The zero-order valence-electron chi connectivity index (χ0n) is 28.7. The third-order valence-corrected chi connectivity index (χ3v) is 9.27. The number of aliphatic hydroxyl groups excluding tert-OH is 7. The molecule has 270 valence electrons. The fourth-order valence-corrected chi connectivity index (χ4v) is 6.30. The number of aliphatic hydroxyl groups is 7. The molecule has 7 N–H and O–H groups in total. The maximum absolute atomic E-state index is 10.2. The zero-order chi connectivity index (χ0) is 33.1. The summed E-state index contributed by atoms with van der Waals surface area (Å²) in [6, 6.07) is 0. The zero-order valence-corrected chi connectivity index (χ0v) is 28.7. The summed E-state index contributed by atoms with van der Waals surface area (Å²) in [4.78, 5) is 0. The summed E-state index contributed by atoms with van der Waals surface area (Å²) in [6.07, 6.45) is 21.9.